The van der Waals surface area contributed by atoms with Crippen LogP contribution in [-0.4, -0.2) is 41.9 Å². The van der Waals surface area contributed by atoms with Crippen LogP contribution in [0.25, 0.3) is 0 Å². The fourth-order valence-electron chi connectivity index (χ4n) is 3.49. The molecule has 0 spiro atoms. The van der Waals surface area contributed by atoms with Gasteiger partial charge in [0.1, 0.15) is 6.54 Å². The topological polar surface area (TPSA) is 75.7 Å². The number of amides is 2. The van der Waals surface area contributed by atoms with E-state index in [0.717, 1.165) is 24.0 Å². The maximum Gasteiger partial charge on any atom is 0.336 e. The van der Waals surface area contributed by atoms with E-state index < -0.39 is 5.97 Å². The summed E-state index contributed by atoms with van der Waals surface area (Å²) in [5.41, 5.74) is 2.93. The molecular formula is C21H26N2O4. The normalized spacial score (nSPS) is 19.9. The zero-order valence-corrected chi connectivity index (χ0v) is 16.1. The number of esters is 1. The van der Waals surface area contributed by atoms with Crippen LogP contribution in [0.1, 0.15) is 50.2 Å². The van der Waals surface area contributed by atoms with Gasteiger partial charge < -0.3 is 15.0 Å². The van der Waals surface area contributed by atoms with Crippen LogP contribution in [-0.2, 0) is 19.1 Å². The van der Waals surface area contributed by atoms with Crippen molar-refractivity contribution < 1.29 is 19.1 Å². The number of hydrogen-bond donors (Lipinski definition) is 1. The SMILES string of the molecule is CCOC(=O)C1=C(C)N(CC(=O)NC2CC2)C(=O)C[C@H]1c1cccc(C)c1. The lowest BCUT2D eigenvalue weighted by Gasteiger charge is -2.34. The first-order chi connectivity index (χ1) is 12.9. The first kappa shape index (κ1) is 19.1. The van der Waals surface area contributed by atoms with E-state index >= 15 is 0 Å². The van der Waals surface area contributed by atoms with Crippen molar-refractivity contribution in [1.29, 1.82) is 0 Å². The van der Waals surface area contributed by atoms with Crippen LogP contribution in [0.5, 0.6) is 0 Å². The highest BCUT2D eigenvalue weighted by Gasteiger charge is 2.38. The predicted molar refractivity (Wildman–Crippen MR) is 101 cm³/mol. The molecule has 1 aromatic rings. The average molecular weight is 370 g/mol. The van der Waals surface area contributed by atoms with Gasteiger partial charge in [-0.25, -0.2) is 4.79 Å². The third kappa shape index (κ3) is 4.38. The molecule has 1 saturated carbocycles. The monoisotopic (exact) mass is 370 g/mol. The van der Waals surface area contributed by atoms with Crippen molar-refractivity contribution in [3.63, 3.8) is 0 Å². The zero-order valence-electron chi connectivity index (χ0n) is 16.1. The van der Waals surface area contributed by atoms with Crippen LogP contribution in [0.2, 0.25) is 0 Å². The summed E-state index contributed by atoms with van der Waals surface area (Å²) in [7, 11) is 0. The van der Waals surface area contributed by atoms with Crippen molar-refractivity contribution >= 4 is 17.8 Å². The Kier molecular flexibility index (Phi) is 5.63. The molecule has 1 aliphatic heterocycles. The van der Waals surface area contributed by atoms with E-state index in [1.807, 2.05) is 31.2 Å². The number of carbonyl (C=O) groups is 3. The number of hydrogen-bond acceptors (Lipinski definition) is 4. The molecule has 6 nitrogen and oxygen atoms in total. The molecule has 1 N–H and O–H groups in total. The fourth-order valence-corrected chi connectivity index (χ4v) is 3.49. The Labute approximate surface area is 159 Å². The molecule has 6 heteroatoms. The van der Waals surface area contributed by atoms with Crippen molar-refractivity contribution in [2.24, 2.45) is 0 Å². The molecule has 0 radical (unpaired) electrons. The molecule has 27 heavy (non-hydrogen) atoms. The Hall–Kier alpha value is -2.63. The first-order valence-electron chi connectivity index (χ1n) is 9.44. The summed E-state index contributed by atoms with van der Waals surface area (Å²) in [4.78, 5) is 39.1. The molecule has 2 amide bonds. The largest absolute Gasteiger partial charge is 0.463 e. The van der Waals surface area contributed by atoms with E-state index in [1.165, 1.54) is 4.90 Å². The second-order valence-electron chi connectivity index (χ2n) is 7.21. The van der Waals surface area contributed by atoms with Crippen molar-refractivity contribution in [2.75, 3.05) is 13.2 Å². The molecule has 0 aromatic heterocycles. The first-order valence-corrected chi connectivity index (χ1v) is 9.44. The number of ether oxygens (including phenoxy) is 1. The number of allylic oxidation sites excluding steroid dienone is 1. The molecule has 3 rings (SSSR count). The molecule has 0 saturated heterocycles. The van der Waals surface area contributed by atoms with E-state index in [9.17, 15) is 14.4 Å². The molecule has 1 aliphatic carbocycles. The highest BCUT2D eigenvalue weighted by molar-refractivity contribution is 5.97. The molecule has 1 atom stereocenters. The van der Waals surface area contributed by atoms with Crippen LogP contribution < -0.4 is 5.32 Å². The molecule has 1 aromatic carbocycles. The van der Waals surface area contributed by atoms with Gasteiger partial charge in [-0.3, -0.25) is 9.59 Å². The van der Waals surface area contributed by atoms with Crippen molar-refractivity contribution in [3.8, 4) is 0 Å². The minimum Gasteiger partial charge on any atom is -0.463 e. The number of aryl methyl sites for hydroxylation is 1. The summed E-state index contributed by atoms with van der Waals surface area (Å²) in [6.07, 6.45) is 2.11. The quantitative estimate of drug-likeness (QED) is 0.781. The van der Waals surface area contributed by atoms with Gasteiger partial charge in [0.2, 0.25) is 11.8 Å². The molecule has 0 bridgehead atoms. The third-order valence-electron chi connectivity index (χ3n) is 5.01. The zero-order chi connectivity index (χ0) is 19.6. The Morgan fingerprint density at radius 2 is 2.00 bits per heavy atom. The third-order valence-corrected chi connectivity index (χ3v) is 5.01. The predicted octanol–water partition coefficient (Wildman–Crippen LogP) is 2.43. The Morgan fingerprint density at radius 3 is 2.63 bits per heavy atom. The van der Waals surface area contributed by atoms with Gasteiger partial charge in [-0.1, -0.05) is 29.8 Å². The van der Waals surface area contributed by atoms with Gasteiger partial charge in [0.05, 0.1) is 12.2 Å². The molecule has 2 aliphatic rings. The van der Waals surface area contributed by atoms with Crippen LogP contribution in [0.4, 0.5) is 0 Å². The molecular weight excluding hydrogens is 344 g/mol. The second kappa shape index (κ2) is 7.94. The van der Waals surface area contributed by atoms with Gasteiger partial charge in [-0.05, 0) is 39.2 Å². The van der Waals surface area contributed by atoms with Gasteiger partial charge in [0.15, 0.2) is 0 Å². The minimum absolute atomic E-state index is 0.0649. The molecule has 144 valence electrons. The van der Waals surface area contributed by atoms with Crippen LogP contribution in [0.15, 0.2) is 35.5 Å². The Morgan fingerprint density at radius 1 is 1.26 bits per heavy atom. The summed E-state index contributed by atoms with van der Waals surface area (Å²) in [5.74, 6) is -1.14. The standard InChI is InChI=1S/C21H26N2O4/c1-4-27-21(26)20-14(3)23(12-18(24)22-16-8-9-16)19(25)11-17(20)15-7-5-6-13(2)10-15/h5-7,10,16-17H,4,8-9,11-12H2,1-3H3,(H,22,24)/t17-/m0/s1. The number of nitrogens with zero attached hydrogens (tertiary/aromatic N) is 1. The lowest BCUT2D eigenvalue weighted by molar-refractivity contribution is -0.141. The number of rotatable bonds is 6. The fraction of sp³-hybridized carbons (Fsp3) is 0.476. The average Bonchev–Trinajstić information content (AvgIpc) is 3.42. The highest BCUT2D eigenvalue weighted by atomic mass is 16.5. The lowest BCUT2D eigenvalue weighted by Crippen LogP contribution is -2.44. The van der Waals surface area contributed by atoms with Gasteiger partial charge in [-0.15, -0.1) is 0 Å². The van der Waals surface area contributed by atoms with E-state index in [0.29, 0.717) is 11.3 Å². The van der Waals surface area contributed by atoms with Crippen molar-refractivity contribution in [3.05, 3.63) is 46.7 Å². The number of benzene rings is 1. The molecule has 0 unspecified atom stereocenters. The van der Waals surface area contributed by atoms with Gasteiger partial charge in [-0.2, -0.15) is 0 Å². The van der Waals surface area contributed by atoms with Crippen molar-refractivity contribution in [1.82, 2.24) is 10.2 Å². The van der Waals surface area contributed by atoms with Gasteiger partial charge in [0, 0.05) is 24.1 Å². The van der Waals surface area contributed by atoms with Crippen LogP contribution in [0.3, 0.4) is 0 Å². The molecule has 1 heterocycles. The Bertz CT molecular complexity index is 795. The summed E-state index contributed by atoms with van der Waals surface area (Å²) in [5, 5.41) is 2.89. The second-order valence-corrected chi connectivity index (χ2v) is 7.21. The minimum atomic E-state index is -0.429. The lowest BCUT2D eigenvalue weighted by atomic mass is 9.83. The van der Waals surface area contributed by atoms with Crippen molar-refractivity contribution in [2.45, 2.75) is 52.0 Å². The van der Waals surface area contributed by atoms with Gasteiger partial charge in [0.25, 0.3) is 0 Å². The number of nitrogens with one attached hydrogen (secondary N) is 1. The maximum atomic E-state index is 12.8. The highest BCUT2D eigenvalue weighted by Crippen LogP contribution is 2.37. The Balaban J connectivity index is 1.94. The molecule has 1 fully saturated rings. The van der Waals surface area contributed by atoms with Gasteiger partial charge >= 0.3 is 5.97 Å². The summed E-state index contributed by atoms with van der Waals surface area (Å²) >= 11 is 0. The summed E-state index contributed by atoms with van der Waals surface area (Å²) in [6, 6.07) is 8.03. The van der Waals surface area contributed by atoms with E-state index in [4.69, 9.17) is 4.74 Å². The maximum absolute atomic E-state index is 12.8. The van der Waals surface area contributed by atoms with E-state index in [1.54, 1.807) is 13.8 Å². The summed E-state index contributed by atoms with van der Waals surface area (Å²) < 4.78 is 5.26. The smallest absolute Gasteiger partial charge is 0.336 e. The van der Waals surface area contributed by atoms with Crippen LogP contribution >= 0.6 is 0 Å². The number of carbonyl (C=O) groups excluding carboxylic acids is 3. The van der Waals surface area contributed by atoms with E-state index in [-0.39, 0.29) is 43.3 Å². The van der Waals surface area contributed by atoms with E-state index in [2.05, 4.69) is 5.32 Å². The van der Waals surface area contributed by atoms with Crippen LogP contribution in [0, 0.1) is 6.92 Å². The summed E-state index contributed by atoms with van der Waals surface area (Å²) in [6.45, 7) is 5.64.